The van der Waals surface area contributed by atoms with E-state index < -0.39 is 0 Å². The van der Waals surface area contributed by atoms with E-state index in [0.717, 1.165) is 29.5 Å². The first-order valence-electron chi connectivity index (χ1n) is 11.1. The van der Waals surface area contributed by atoms with Gasteiger partial charge in [-0.1, -0.05) is 51.5 Å². The largest absolute Gasteiger partial charge is 0.368 e. The van der Waals surface area contributed by atoms with Crippen LogP contribution in [0.25, 0.3) is 0 Å². The highest BCUT2D eigenvalue weighted by atomic mass is 32.2. The maximum atomic E-state index is 2.76. The lowest BCUT2D eigenvalue weighted by molar-refractivity contribution is 0.379. The molecular formula is C25H37NS. The highest BCUT2D eigenvalue weighted by Gasteiger charge is 2.52. The standard InChI is InChI=1S/C25H37NS/c1-8-26-21(14(2)3)13-12-19-10-9-11-20(24(19)26)23-16(5)15(4)22-17(6)18(7)27-25(22)23/h9-11,14-16,21-23,25H,8,12-13H2,1-7H3. The third kappa shape index (κ3) is 2.89. The summed E-state index contributed by atoms with van der Waals surface area (Å²) in [7, 11) is 0. The molecule has 0 N–H and O–H groups in total. The third-order valence-corrected chi connectivity index (χ3v) is 9.59. The van der Waals surface area contributed by atoms with E-state index in [1.165, 1.54) is 12.8 Å². The summed E-state index contributed by atoms with van der Waals surface area (Å²) in [4.78, 5) is 4.35. The van der Waals surface area contributed by atoms with E-state index in [4.69, 9.17) is 0 Å². The van der Waals surface area contributed by atoms with E-state index in [0.29, 0.717) is 17.9 Å². The zero-order valence-corrected chi connectivity index (χ0v) is 19.1. The molecule has 2 heteroatoms. The number of fused-ring (bicyclic) bond motifs is 2. The number of aryl methyl sites for hydroxylation is 1. The second-order valence-corrected chi connectivity index (χ2v) is 11.0. The summed E-state index contributed by atoms with van der Waals surface area (Å²) >= 11 is 2.18. The SMILES string of the molecule is CCN1c2c(cccc2C2C(C)C(C)C3C(C)=C(C)SC32)CCC1C(C)C. The van der Waals surface area contributed by atoms with Gasteiger partial charge in [-0.2, -0.15) is 0 Å². The number of para-hydroxylation sites is 1. The fourth-order valence-electron chi connectivity index (χ4n) is 6.40. The van der Waals surface area contributed by atoms with Crippen molar-refractivity contribution in [3.05, 3.63) is 39.8 Å². The zero-order valence-electron chi connectivity index (χ0n) is 18.3. The number of hydrogen-bond acceptors (Lipinski definition) is 2. The van der Waals surface area contributed by atoms with E-state index in [2.05, 4.69) is 83.3 Å². The number of hydrogen-bond donors (Lipinski definition) is 0. The predicted molar refractivity (Wildman–Crippen MR) is 121 cm³/mol. The van der Waals surface area contributed by atoms with Gasteiger partial charge in [0.2, 0.25) is 0 Å². The molecule has 0 amide bonds. The topological polar surface area (TPSA) is 3.24 Å². The minimum absolute atomic E-state index is 0.678. The van der Waals surface area contributed by atoms with E-state index in [-0.39, 0.29) is 0 Å². The Kier molecular flexibility index (Phi) is 5.16. The monoisotopic (exact) mass is 383 g/mol. The van der Waals surface area contributed by atoms with Gasteiger partial charge in [0.05, 0.1) is 0 Å². The summed E-state index contributed by atoms with van der Waals surface area (Å²) in [5.74, 6) is 3.69. The molecular weight excluding hydrogens is 346 g/mol. The molecule has 6 unspecified atom stereocenters. The summed E-state index contributed by atoms with van der Waals surface area (Å²) < 4.78 is 0. The van der Waals surface area contributed by atoms with Gasteiger partial charge in [-0.05, 0) is 73.3 Å². The molecule has 1 fully saturated rings. The van der Waals surface area contributed by atoms with Gasteiger partial charge in [0, 0.05) is 29.4 Å². The molecule has 1 aromatic rings. The summed E-state index contributed by atoms with van der Waals surface area (Å²) in [6, 6.07) is 7.90. The van der Waals surface area contributed by atoms with Gasteiger partial charge in [0.1, 0.15) is 0 Å². The van der Waals surface area contributed by atoms with Crippen molar-refractivity contribution in [2.45, 2.75) is 78.5 Å². The zero-order chi connectivity index (χ0) is 19.5. The van der Waals surface area contributed by atoms with Crippen LogP contribution >= 0.6 is 11.8 Å². The van der Waals surface area contributed by atoms with Crippen molar-refractivity contribution in [3.8, 4) is 0 Å². The molecule has 6 atom stereocenters. The lowest BCUT2D eigenvalue weighted by Gasteiger charge is -2.43. The van der Waals surface area contributed by atoms with Crippen LogP contribution in [0.4, 0.5) is 5.69 Å². The highest BCUT2D eigenvalue weighted by Crippen LogP contribution is 2.61. The summed E-state index contributed by atoms with van der Waals surface area (Å²) in [6.45, 7) is 18.1. The Morgan fingerprint density at radius 1 is 1.11 bits per heavy atom. The Bertz CT molecular complexity index is 749. The third-order valence-electron chi connectivity index (χ3n) is 8.06. The maximum Gasteiger partial charge on any atom is 0.0437 e. The molecule has 3 aliphatic rings. The van der Waals surface area contributed by atoms with Crippen LogP contribution in [0, 0.1) is 23.7 Å². The first-order chi connectivity index (χ1) is 12.9. The van der Waals surface area contributed by atoms with Crippen molar-refractivity contribution >= 4 is 17.4 Å². The van der Waals surface area contributed by atoms with Crippen LogP contribution in [0.15, 0.2) is 28.7 Å². The molecule has 1 saturated carbocycles. The fraction of sp³-hybridized carbons (Fsp3) is 0.680. The number of allylic oxidation sites excluding steroid dienone is 2. The maximum absolute atomic E-state index is 2.76. The second-order valence-electron chi connectivity index (χ2n) is 9.58. The smallest absolute Gasteiger partial charge is 0.0437 e. The van der Waals surface area contributed by atoms with E-state index in [1.807, 2.05) is 0 Å². The van der Waals surface area contributed by atoms with Crippen LogP contribution < -0.4 is 4.90 Å². The van der Waals surface area contributed by atoms with Crippen molar-refractivity contribution in [1.82, 2.24) is 0 Å². The number of benzene rings is 1. The molecule has 1 aromatic carbocycles. The number of rotatable bonds is 3. The van der Waals surface area contributed by atoms with Crippen molar-refractivity contribution in [3.63, 3.8) is 0 Å². The summed E-state index contributed by atoms with van der Waals surface area (Å²) in [6.07, 6.45) is 2.55. The van der Waals surface area contributed by atoms with Crippen LogP contribution in [0.1, 0.15) is 71.9 Å². The average Bonchev–Trinajstić information content (AvgIpc) is 3.07. The van der Waals surface area contributed by atoms with Crippen molar-refractivity contribution < 1.29 is 0 Å². The molecule has 0 radical (unpaired) electrons. The number of nitrogens with zero attached hydrogens (tertiary/aromatic N) is 1. The van der Waals surface area contributed by atoms with Crippen molar-refractivity contribution in [2.75, 3.05) is 11.4 Å². The van der Waals surface area contributed by atoms with Gasteiger partial charge in [-0.25, -0.2) is 0 Å². The van der Waals surface area contributed by atoms with Crippen LogP contribution in [-0.2, 0) is 6.42 Å². The van der Waals surface area contributed by atoms with Crippen molar-refractivity contribution in [1.29, 1.82) is 0 Å². The lowest BCUT2D eigenvalue weighted by atomic mass is 9.81. The molecule has 2 aliphatic heterocycles. The second kappa shape index (κ2) is 7.17. The minimum atomic E-state index is 0.678. The molecule has 1 nitrogen and oxygen atoms in total. The van der Waals surface area contributed by atoms with Crippen LogP contribution in [0.3, 0.4) is 0 Å². The van der Waals surface area contributed by atoms with Gasteiger partial charge < -0.3 is 4.90 Å². The number of thioether (sulfide) groups is 1. The molecule has 148 valence electrons. The van der Waals surface area contributed by atoms with E-state index in [9.17, 15) is 0 Å². The Labute approximate surface area is 171 Å². The Morgan fingerprint density at radius 3 is 2.48 bits per heavy atom. The van der Waals surface area contributed by atoms with Gasteiger partial charge in [-0.15, -0.1) is 11.8 Å². The van der Waals surface area contributed by atoms with Gasteiger partial charge in [0.25, 0.3) is 0 Å². The first kappa shape index (κ1) is 19.4. The molecule has 27 heavy (non-hydrogen) atoms. The van der Waals surface area contributed by atoms with Crippen LogP contribution in [-0.4, -0.2) is 17.8 Å². The number of anilines is 1. The van der Waals surface area contributed by atoms with Gasteiger partial charge >= 0.3 is 0 Å². The van der Waals surface area contributed by atoms with E-state index in [1.54, 1.807) is 27.3 Å². The summed E-state index contributed by atoms with van der Waals surface area (Å²) in [5.41, 5.74) is 6.53. The van der Waals surface area contributed by atoms with Crippen molar-refractivity contribution in [2.24, 2.45) is 23.7 Å². The van der Waals surface area contributed by atoms with E-state index >= 15 is 0 Å². The molecule has 0 saturated heterocycles. The average molecular weight is 384 g/mol. The quantitative estimate of drug-likeness (QED) is 0.560. The molecule has 1 aliphatic carbocycles. The fourth-order valence-corrected chi connectivity index (χ4v) is 8.27. The first-order valence-corrected chi connectivity index (χ1v) is 12.0. The highest BCUT2D eigenvalue weighted by molar-refractivity contribution is 8.04. The molecule has 0 spiro atoms. The van der Waals surface area contributed by atoms with Gasteiger partial charge in [0.15, 0.2) is 0 Å². The summed E-state index contributed by atoms with van der Waals surface area (Å²) in [5, 5.41) is 0.736. The molecule has 0 aromatic heterocycles. The Hall–Kier alpha value is -0.890. The molecule has 0 bridgehead atoms. The van der Waals surface area contributed by atoms with Crippen LogP contribution in [0.5, 0.6) is 0 Å². The minimum Gasteiger partial charge on any atom is -0.368 e. The Balaban J connectivity index is 1.80. The van der Waals surface area contributed by atoms with Crippen LogP contribution in [0.2, 0.25) is 0 Å². The molecule has 4 rings (SSSR count). The van der Waals surface area contributed by atoms with Gasteiger partial charge in [-0.3, -0.25) is 0 Å². The lowest BCUT2D eigenvalue weighted by Crippen LogP contribution is -2.43. The molecule has 2 heterocycles. The Morgan fingerprint density at radius 2 is 1.81 bits per heavy atom. The predicted octanol–water partition coefficient (Wildman–Crippen LogP) is 6.88. The normalized spacial score (nSPS) is 35.8.